The number of rotatable bonds is 5. The molecule has 1 aromatic rings. The summed E-state index contributed by atoms with van der Waals surface area (Å²) in [4.78, 5) is 4.30. The molecule has 0 bridgehead atoms. The summed E-state index contributed by atoms with van der Waals surface area (Å²) >= 11 is 0. The molecule has 84 valence electrons. The van der Waals surface area contributed by atoms with Crippen LogP contribution in [0.4, 0.5) is 0 Å². The predicted octanol–water partition coefficient (Wildman–Crippen LogP) is 1.37. The Hall–Kier alpha value is -0.940. The van der Waals surface area contributed by atoms with Crippen molar-refractivity contribution in [2.45, 2.75) is 38.1 Å². The monoisotopic (exact) mass is 211 g/mol. The smallest absolute Gasteiger partial charge is 0.229 e. The summed E-state index contributed by atoms with van der Waals surface area (Å²) < 4.78 is 10.4. The Kier molecular flexibility index (Phi) is 3.33. The second-order valence-electron chi connectivity index (χ2n) is 3.88. The van der Waals surface area contributed by atoms with Crippen LogP contribution in [0.5, 0.6) is 0 Å². The Bertz CT molecular complexity index is 309. The molecule has 0 radical (unpaired) electrons. The highest BCUT2D eigenvalue weighted by molar-refractivity contribution is 5.00. The Morgan fingerprint density at radius 1 is 1.60 bits per heavy atom. The van der Waals surface area contributed by atoms with E-state index in [1.165, 1.54) is 6.42 Å². The van der Waals surface area contributed by atoms with Gasteiger partial charge in [0, 0.05) is 12.5 Å². The molecule has 5 nitrogen and oxygen atoms in total. The lowest BCUT2D eigenvalue weighted by Gasteiger charge is -2.20. The second kappa shape index (κ2) is 4.72. The third-order valence-corrected chi connectivity index (χ3v) is 2.75. The standard InChI is InChI=1S/C10H17N3O2/c1-2-14-6-8(11)9-12-10(15-13-9)7-4-3-5-7/h7-8H,2-6,11H2,1H3. The van der Waals surface area contributed by atoms with E-state index in [0.717, 1.165) is 18.7 Å². The molecule has 1 unspecified atom stereocenters. The predicted molar refractivity (Wildman–Crippen MR) is 54.3 cm³/mol. The molecule has 1 heterocycles. The number of nitrogens with two attached hydrogens (primary N) is 1. The topological polar surface area (TPSA) is 74.2 Å². The molecule has 0 aliphatic heterocycles. The molecule has 1 aliphatic rings. The zero-order valence-electron chi connectivity index (χ0n) is 8.98. The minimum atomic E-state index is -0.275. The zero-order chi connectivity index (χ0) is 10.7. The van der Waals surface area contributed by atoms with E-state index >= 15 is 0 Å². The molecule has 15 heavy (non-hydrogen) atoms. The van der Waals surface area contributed by atoms with Gasteiger partial charge >= 0.3 is 0 Å². The largest absolute Gasteiger partial charge is 0.380 e. The first-order chi connectivity index (χ1) is 7.31. The first-order valence-corrected chi connectivity index (χ1v) is 5.48. The number of aromatic nitrogens is 2. The lowest BCUT2D eigenvalue weighted by Crippen LogP contribution is -2.19. The highest BCUT2D eigenvalue weighted by atomic mass is 16.5. The lowest BCUT2D eigenvalue weighted by atomic mass is 9.85. The van der Waals surface area contributed by atoms with Crippen molar-refractivity contribution in [1.29, 1.82) is 0 Å². The molecule has 1 aliphatic carbocycles. The van der Waals surface area contributed by atoms with E-state index in [1.807, 2.05) is 6.92 Å². The molecule has 1 fully saturated rings. The second-order valence-corrected chi connectivity index (χ2v) is 3.88. The van der Waals surface area contributed by atoms with Gasteiger partial charge in [-0.1, -0.05) is 11.6 Å². The van der Waals surface area contributed by atoms with Crippen molar-refractivity contribution in [3.8, 4) is 0 Å². The zero-order valence-corrected chi connectivity index (χ0v) is 8.98. The number of hydrogen-bond donors (Lipinski definition) is 1. The fourth-order valence-corrected chi connectivity index (χ4v) is 1.54. The number of ether oxygens (including phenoxy) is 1. The fraction of sp³-hybridized carbons (Fsp3) is 0.800. The van der Waals surface area contributed by atoms with E-state index in [9.17, 15) is 0 Å². The molecule has 1 atom stereocenters. The summed E-state index contributed by atoms with van der Waals surface area (Å²) in [7, 11) is 0. The Balaban J connectivity index is 1.93. The van der Waals surface area contributed by atoms with Gasteiger partial charge in [-0.3, -0.25) is 0 Å². The summed E-state index contributed by atoms with van der Waals surface area (Å²) in [5, 5.41) is 3.88. The molecule has 1 saturated carbocycles. The maximum absolute atomic E-state index is 5.84. The van der Waals surface area contributed by atoms with Gasteiger partial charge in [-0.05, 0) is 19.8 Å². The van der Waals surface area contributed by atoms with Crippen LogP contribution < -0.4 is 5.73 Å². The van der Waals surface area contributed by atoms with Crippen molar-refractivity contribution in [3.63, 3.8) is 0 Å². The fourth-order valence-electron chi connectivity index (χ4n) is 1.54. The van der Waals surface area contributed by atoms with Gasteiger partial charge in [-0.2, -0.15) is 4.98 Å². The lowest BCUT2D eigenvalue weighted by molar-refractivity contribution is 0.130. The van der Waals surface area contributed by atoms with Crippen molar-refractivity contribution < 1.29 is 9.26 Å². The van der Waals surface area contributed by atoms with Gasteiger partial charge < -0.3 is 15.0 Å². The van der Waals surface area contributed by atoms with Gasteiger partial charge in [0.2, 0.25) is 5.89 Å². The molecule has 5 heteroatoms. The van der Waals surface area contributed by atoms with E-state index < -0.39 is 0 Å². The van der Waals surface area contributed by atoms with Gasteiger partial charge in [0.1, 0.15) is 0 Å². The van der Waals surface area contributed by atoms with E-state index in [-0.39, 0.29) is 6.04 Å². The first kappa shape index (κ1) is 10.6. The van der Waals surface area contributed by atoms with Crippen molar-refractivity contribution in [3.05, 3.63) is 11.7 Å². The summed E-state index contributed by atoms with van der Waals surface area (Å²) in [5.41, 5.74) is 5.84. The minimum absolute atomic E-state index is 0.275. The van der Waals surface area contributed by atoms with E-state index in [2.05, 4.69) is 10.1 Å². The van der Waals surface area contributed by atoms with Crippen LogP contribution in [0.2, 0.25) is 0 Å². The maximum atomic E-state index is 5.84. The van der Waals surface area contributed by atoms with Crippen LogP contribution in [-0.4, -0.2) is 23.4 Å². The third kappa shape index (κ3) is 2.35. The normalized spacial score (nSPS) is 18.8. The SMILES string of the molecule is CCOCC(N)c1noc(C2CCC2)n1. The summed E-state index contributed by atoms with van der Waals surface area (Å²) in [6, 6.07) is -0.275. The van der Waals surface area contributed by atoms with Crippen LogP contribution in [0.15, 0.2) is 4.52 Å². The molecule has 0 amide bonds. The molecular formula is C10H17N3O2. The minimum Gasteiger partial charge on any atom is -0.380 e. The molecule has 0 saturated heterocycles. The quantitative estimate of drug-likeness (QED) is 0.796. The van der Waals surface area contributed by atoms with Gasteiger partial charge in [-0.15, -0.1) is 0 Å². The van der Waals surface area contributed by atoms with Crippen LogP contribution in [0, 0.1) is 0 Å². The molecular weight excluding hydrogens is 194 g/mol. The van der Waals surface area contributed by atoms with E-state index in [1.54, 1.807) is 0 Å². The van der Waals surface area contributed by atoms with Gasteiger partial charge in [0.15, 0.2) is 5.82 Å². The number of hydrogen-bond acceptors (Lipinski definition) is 5. The van der Waals surface area contributed by atoms with E-state index in [4.69, 9.17) is 15.0 Å². The summed E-state index contributed by atoms with van der Waals surface area (Å²) in [6.07, 6.45) is 3.57. The van der Waals surface area contributed by atoms with Gasteiger partial charge in [-0.25, -0.2) is 0 Å². The highest BCUT2D eigenvalue weighted by Crippen LogP contribution is 2.35. The van der Waals surface area contributed by atoms with Crippen molar-refractivity contribution in [2.75, 3.05) is 13.2 Å². The Morgan fingerprint density at radius 3 is 3.00 bits per heavy atom. The van der Waals surface area contributed by atoms with Crippen LogP contribution in [0.25, 0.3) is 0 Å². The average molecular weight is 211 g/mol. The van der Waals surface area contributed by atoms with Crippen LogP contribution in [0.3, 0.4) is 0 Å². The van der Waals surface area contributed by atoms with Crippen LogP contribution >= 0.6 is 0 Å². The average Bonchev–Trinajstić information content (AvgIpc) is 2.60. The molecule has 2 N–H and O–H groups in total. The third-order valence-electron chi connectivity index (χ3n) is 2.75. The molecule has 0 spiro atoms. The molecule has 1 aromatic heterocycles. The highest BCUT2D eigenvalue weighted by Gasteiger charge is 2.26. The maximum Gasteiger partial charge on any atom is 0.229 e. The van der Waals surface area contributed by atoms with Gasteiger partial charge in [0.05, 0.1) is 12.6 Å². The van der Waals surface area contributed by atoms with Crippen LogP contribution in [0.1, 0.15) is 49.9 Å². The first-order valence-electron chi connectivity index (χ1n) is 5.48. The van der Waals surface area contributed by atoms with E-state index in [0.29, 0.717) is 25.0 Å². The van der Waals surface area contributed by atoms with Gasteiger partial charge in [0.25, 0.3) is 0 Å². The Labute approximate surface area is 89.0 Å². The van der Waals surface area contributed by atoms with Crippen LogP contribution in [-0.2, 0) is 4.74 Å². The summed E-state index contributed by atoms with van der Waals surface area (Å²) in [5.74, 6) is 1.76. The van der Waals surface area contributed by atoms with Crippen molar-refractivity contribution in [2.24, 2.45) is 5.73 Å². The molecule has 2 rings (SSSR count). The molecule has 0 aromatic carbocycles. The Morgan fingerprint density at radius 2 is 2.40 bits per heavy atom. The number of nitrogens with zero attached hydrogens (tertiary/aromatic N) is 2. The van der Waals surface area contributed by atoms with Crippen molar-refractivity contribution >= 4 is 0 Å². The summed E-state index contributed by atoms with van der Waals surface area (Å²) in [6.45, 7) is 3.03. The van der Waals surface area contributed by atoms with Crippen molar-refractivity contribution in [1.82, 2.24) is 10.1 Å².